The van der Waals surface area contributed by atoms with Crippen LogP contribution in [-0.2, 0) is 4.79 Å². The molecule has 0 saturated heterocycles. The maximum Gasteiger partial charge on any atom is 0.233 e. The zero-order valence-corrected chi connectivity index (χ0v) is 12.4. The van der Waals surface area contributed by atoms with Crippen molar-refractivity contribution in [2.75, 3.05) is 20.1 Å². The molecule has 1 rings (SSSR count). The van der Waals surface area contributed by atoms with E-state index in [0.29, 0.717) is 6.54 Å². The SMILES string of the molecule is CCC(N)C(c1cccc(F)c1)N(CC)CC(=O)NC. The number of rotatable bonds is 7. The van der Waals surface area contributed by atoms with Crippen molar-refractivity contribution in [3.05, 3.63) is 35.6 Å². The smallest absolute Gasteiger partial charge is 0.233 e. The van der Waals surface area contributed by atoms with Gasteiger partial charge in [0.2, 0.25) is 5.91 Å². The van der Waals surface area contributed by atoms with Crippen molar-refractivity contribution < 1.29 is 9.18 Å². The molecule has 0 saturated carbocycles. The molecular formula is C15H24FN3O. The molecule has 3 N–H and O–H groups in total. The van der Waals surface area contributed by atoms with E-state index >= 15 is 0 Å². The highest BCUT2D eigenvalue weighted by Gasteiger charge is 2.26. The fourth-order valence-electron chi connectivity index (χ4n) is 2.31. The summed E-state index contributed by atoms with van der Waals surface area (Å²) in [4.78, 5) is 13.6. The molecule has 0 bridgehead atoms. The Morgan fingerprint density at radius 3 is 2.65 bits per heavy atom. The van der Waals surface area contributed by atoms with Crippen LogP contribution in [0.25, 0.3) is 0 Å². The third-order valence-corrected chi connectivity index (χ3v) is 3.49. The van der Waals surface area contributed by atoms with Crippen LogP contribution < -0.4 is 11.1 Å². The van der Waals surface area contributed by atoms with Gasteiger partial charge in [0.05, 0.1) is 12.6 Å². The second-order valence-corrected chi connectivity index (χ2v) is 4.81. The molecule has 0 aliphatic heterocycles. The van der Waals surface area contributed by atoms with Gasteiger partial charge in [0.15, 0.2) is 0 Å². The van der Waals surface area contributed by atoms with Crippen LogP contribution in [0.3, 0.4) is 0 Å². The Hall–Kier alpha value is -1.46. The normalized spacial score (nSPS) is 14.1. The van der Waals surface area contributed by atoms with Gasteiger partial charge >= 0.3 is 0 Å². The van der Waals surface area contributed by atoms with E-state index in [1.54, 1.807) is 13.1 Å². The maximum absolute atomic E-state index is 13.5. The third-order valence-electron chi connectivity index (χ3n) is 3.49. The van der Waals surface area contributed by atoms with Gasteiger partial charge < -0.3 is 11.1 Å². The van der Waals surface area contributed by atoms with Gasteiger partial charge in [0, 0.05) is 13.1 Å². The quantitative estimate of drug-likeness (QED) is 0.799. The van der Waals surface area contributed by atoms with Crippen molar-refractivity contribution in [3.8, 4) is 0 Å². The van der Waals surface area contributed by atoms with E-state index in [1.165, 1.54) is 12.1 Å². The van der Waals surface area contributed by atoms with Gasteiger partial charge in [-0.05, 0) is 30.7 Å². The number of nitrogens with one attached hydrogen (secondary N) is 1. The number of nitrogens with zero attached hydrogens (tertiary/aromatic N) is 1. The first-order valence-electron chi connectivity index (χ1n) is 6.99. The maximum atomic E-state index is 13.5. The fourth-order valence-corrected chi connectivity index (χ4v) is 2.31. The number of benzene rings is 1. The summed E-state index contributed by atoms with van der Waals surface area (Å²) in [5.41, 5.74) is 7.01. The van der Waals surface area contributed by atoms with E-state index < -0.39 is 0 Å². The summed E-state index contributed by atoms with van der Waals surface area (Å²) >= 11 is 0. The number of likely N-dealkylation sites (N-methyl/N-ethyl adjacent to an activating group) is 2. The summed E-state index contributed by atoms with van der Waals surface area (Å²) in [7, 11) is 1.60. The highest BCUT2D eigenvalue weighted by molar-refractivity contribution is 5.77. The Bertz CT molecular complexity index is 439. The van der Waals surface area contributed by atoms with Crippen LogP contribution in [0.4, 0.5) is 4.39 Å². The predicted octanol–water partition coefficient (Wildman–Crippen LogP) is 1.67. The molecule has 112 valence electrons. The molecule has 20 heavy (non-hydrogen) atoms. The molecule has 0 aliphatic carbocycles. The lowest BCUT2D eigenvalue weighted by Crippen LogP contribution is -2.45. The molecule has 1 aromatic carbocycles. The van der Waals surface area contributed by atoms with Crippen LogP contribution >= 0.6 is 0 Å². The van der Waals surface area contributed by atoms with Gasteiger partial charge in [-0.1, -0.05) is 26.0 Å². The first-order chi connectivity index (χ1) is 9.53. The standard InChI is InChI=1S/C15H24FN3O/c1-4-13(17)15(11-7-6-8-12(16)9-11)19(5-2)10-14(20)18-3/h6-9,13,15H,4-5,10,17H2,1-3H3,(H,18,20). The molecule has 0 radical (unpaired) electrons. The molecular weight excluding hydrogens is 257 g/mol. The summed E-state index contributed by atoms with van der Waals surface area (Å²) in [6, 6.07) is 6.11. The topological polar surface area (TPSA) is 58.4 Å². The Kier molecular flexibility index (Phi) is 6.61. The first kappa shape index (κ1) is 16.6. The molecule has 0 fully saturated rings. The van der Waals surface area contributed by atoms with E-state index in [1.807, 2.05) is 24.8 Å². The van der Waals surface area contributed by atoms with Gasteiger partial charge in [0.1, 0.15) is 5.82 Å². The Labute approximate surface area is 120 Å². The van der Waals surface area contributed by atoms with E-state index in [0.717, 1.165) is 12.0 Å². The summed E-state index contributed by atoms with van der Waals surface area (Å²) in [6.07, 6.45) is 0.755. The number of nitrogens with two attached hydrogens (primary N) is 1. The van der Waals surface area contributed by atoms with Gasteiger partial charge in [-0.3, -0.25) is 9.69 Å². The van der Waals surface area contributed by atoms with Crippen LogP contribution in [0, 0.1) is 5.82 Å². The molecule has 0 heterocycles. The van der Waals surface area contributed by atoms with Crippen molar-refractivity contribution >= 4 is 5.91 Å². The van der Waals surface area contributed by atoms with Crippen LogP contribution in [0.2, 0.25) is 0 Å². The zero-order valence-electron chi connectivity index (χ0n) is 12.4. The molecule has 2 unspecified atom stereocenters. The summed E-state index contributed by atoms with van der Waals surface area (Å²) in [5, 5.41) is 2.61. The van der Waals surface area contributed by atoms with Crippen molar-refractivity contribution in [1.82, 2.24) is 10.2 Å². The summed E-state index contributed by atoms with van der Waals surface area (Å²) < 4.78 is 13.5. The van der Waals surface area contributed by atoms with Crippen LogP contribution in [0.15, 0.2) is 24.3 Å². The number of hydrogen-bond donors (Lipinski definition) is 2. The average Bonchev–Trinajstić information content (AvgIpc) is 2.45. The third kappa shape index (κ3) is 4.28. The lowest BCUT2D eigenvalue weighted by molar-refractivity contribution is -0.122. The van der Waals surface area contributed by atoms with E-state index in [9.17, 15) is 9.18 Å². The molecule has 0 spiro atoms. The number of carbonyl (C=O) groups is 1. The van der Waals surface area contributed by atoms with Gasteiger partial charge in [-0.15, -0.1) is 0 Å². The highest BCUT2D eigenvalue weighted by Crippen LogP contribution is 2.25. The second-order valence-electron chi connectivity index (χ2n) is 4.81. The van der Waals surface area contributed by atoms with Crippen molar-refractivity contribution in [3.63, 3.8) is 0 Å². The second kappa shape index (κ2) is 7.97. The predicted molar refractivity (Wildman–Crippen MR) is 78.7 cm³/mol. The number of hydrogen-bond acceptors (Lipinski definition) is 3. The van der Waals surface area contributed by atoms with Crippen molar-refractivity contribution in [1.29, 1.82) is 0 Å². The molecule has 4 nitrogen and oxygen atoms in total. The molecule has 1 amide bonds. The van der Waals surface area contributed by atoms with E-state index in [2.05, 4.69) is 5.32 Å². The Balaban J connectivity index is 3.06. The Morgan fingerprint density at radius 2 is 2.15 bits per heavy atom. The number of halogens is 1. The number of amides is 1. The minimum atomic E-state index is -0.285. The van der Waals surface area contributed by atoms with Crippen LogP contribution in [0.5, 0.6) is 0 Å². The van der Waals surface area contributed by atoms with E-state index in [4.69, 9.17) is 5.73 Å². The molecule has 2 atom stereocenters. The summed E-state index contributed by atoms with van der Waals surface area (Å²) in [5.74, 6) is -0.358. The molecule has 5 heteroatoms. The van der Waals surface area contributed by atoms with E-state index in [-0.39, 0.29) is 30.4 Å². The summed E-state index contributed by atoms with van der Waals surface area (Å²) in [6.45, 7) is 4.88. The highest BCUT2D eigenvalue weighted by atomic mass is 19.1. The molecule has 0 aliphatic rings. The van der Waals surface area contributed by atoms with Gasteiger partial charge in [0.25, 0.3) is 0 Å². The van der Waals surface area contributed by atoms with Gasteiger partial charge in [-0.2, -0.15) is 0 Å². The van der Waals surface area contributed by atoms with Crippen LogP contribution in [0.1, 0.15) is 31.9 Å². The fraction of sp³-hybridized carbons (Fsp3) is 0.533. The minimum absolute atomic E-state index is 0.0726. The largest absolute Gasteiger partial charge is 0.358 e. The molecule has 0 aromatic heterocycles. The lowest BCUT2D eigenvalue weighted by Gasteiger charge is -2.34. The van der Waals surface area contributed by atoms with Crippen molar-refractivity contribution in [2.24, 2.45) is 5.73 Å². The first-order valence-corrected chi connectivity index (χ1v) is 6.99. The lowest BCUT2D eigenvalue weighted by atomic mass is 9.96. The zero-order chi connectivity index (χ0) is 15.1. The average molecular weight is 281 g/mol. The minimum Gasteiger partial charge on any atom is -0.358 e. The number of carbonyl (C=O) groups excluding carboxylic acids is 1. The van der Waals surface area contributed by atoms with Crippen molar-refractivity contribution in [2.45, 2.75) is 32.4 Å². The van der Waals surface area contributed by atoms with Crippen LogP contribution in [-0.4, -0.2) is 37.0 Å². The molecule has 1 aromatic rings. The van der Waals surface area contributed by atoms with Gasteiger partial charge in [-0.25, -0.2) is 4.39 Å². The Morgan fingerprint density at radius 1 is 1.45 bits per heavy atom. The monoisotopic (exact) mass is 281 g/mol.